The highest BCUT2D eigenvalue weighted by molar-refractivity contribution is 6.07. The van der Waals surface area contributed by atoms with Gasteiger partial charge in [-0.3, -0.25) is 9.59 Å². The van der Waals surface area contributed by atoms with Crippen molar-refractivity contribution in [3.8, 4) is 11.5 Å². The third-order valence-electron chi connectivity index (χ3n) is 5.30. The molecule has 152 valence electrons. The third kappa shape index (κ3) is 2.68. The molecule has 2 aliphatic rings. The average molecular weight is 407 g/mol. The van der Waals surface area contributed by atoms with Gasteiger partial charge in [-0.15, -0.1) is 5.10 Å². The zero-order valence-electron chi connectivity index (χ0n) is 16.0. The smallest absolute Gasteiger partial charge is 0.326 e. The summed E-state index contributed by atoms with van der Waals surface area (Å²) in [6, 6.07) is 11.2. The SMILES string of the molecule is CC1(c2ccc3c(c2)OCCO3)NC(=O)N(Cn2nnc3ccccc3c2=O)C1=O. The van der Waals surface area contributed by atoms with Crippen LogP contribution in [0.5, 0.6) is 11.5 Å². The summed E-state index contributed by atoms with van der Waals surface area (Å²) in [5.41, 5.74) is -0.767. The number of carbonyl (C=O) groups excluding carboxylic acids is 2. The maximum atomic E-state index is 13.2. The monoisotopic (exact) mass is 407 g/mol. The fraction of sp³-hybridized carbons (Fsp3) is 0.250. The van der Waals surface area contributed by atoms with Crippen molar-refractivity contribution in [2.24, 2.45) is 0 Å². The maximum Gasteiger partial charge on any atom is 0.326 e. The van der Waals surface area contributed by atoms with Gasteiger partial charge in [-0.2, -0.15) is 4.68 Å². The fourth-order valence-corrected chi connectivity index (χ4v) is 3.63. The first kappa shape index (κ1) is 18.1. The van der Waals surface area contributed by atoms with Gasteiger partial charge in [0.1, 0.15) is 30.9 Å². The van der Waals surface area contributed by atoms with E-state index in [4.69, 9.17) is 9.47 Å². The van der Waals surface area contributed by atoms with E-state index in [0.717, 1.165) is 9.58 Å². The number of rotatable bonds is 3. The van der Waals surface area contributed by atoms with Crippen LogP contribution in [0.2, 0.25) is 0 Å². The van der Waals surface area contributed by atoms with Gasteiger partial charge in [0, 0.05) is 0 Å². The lowest BCUT2D eigenvalue weighted by molar-refractivity contribution is -0.132. The number of urea groups is 1. The molecule has 0 radical (unpaired) electrons. The molecule has 1 unspecified atom stereocenters. The normalized spacial score (nSPS) is 20.5. The van der Waals surface area contributed by atoms with Crippen LogP contribution in [0.25, 0.3) is 10.9 Å². The minimum absolute atomic E-state index is 0.346. The van der Waals surface area contributed by atoms with Crippen molar-refractivity contribution in [2.45, 2.75) is 19.1 Å². The summed E-state index contributed by atoms with van der Waals surface area (Å²) >= 11 is 0. The zero-order chi connectivity index (χ0) is 20.9. The lowest BCUT2D eigenvalue weighted by Crippen LogP contribution is -2.42. The molecule has 0 bridgehead atoms. The number of amides is 3. The van der Waals surface area contributed by atoms with Crippen LogP contribution in [0.1, 0.15) is 12.5 Å². The molecule has 1 fully saturated rings. The largest absolute Gasteiger partial charge is 0.486 e. The van der Waals surface area contributed by atoms with Gasteiger partial charge in [0.05, 0.1) is 5.39 Å². The molecule has 0 spiro atoms. The van der Waals surface area contributed by atoms with Gasteiger partial charge in [-0.1, -0.05) is 23.4 Å². The molecule has 0 aliphatic carbocycles. The minimum Gasteiger partial charge on any atom is -0.486 e. The van der Waals surface area contributed by atoms with E-state index >= 15 is 0 Å². The second kappa shape index (κ2) is 6.55. The highest BCUT2D eigenvalue weighted by Gasteiger charge is 2.49. The highest BCUT2D eigenvalue weighted by atomic mass is 16.6. The molecular weight excluding hydrogens is 390 g/mol. The second-order valence-corrected chi connectivity index (χ2v) is 7.20. The number of nitrogens with one attached hydrogen (secondary N) is 1. The van der Waals surface area contributed by atoms with E-state index in [2.05, 4.69) is 15.6 Å². The Bertz CT molecular complexity index is 1260. The summed E-state index contributed by atoms with van der Waals surface area (Å²) in [5, 5.41) is 10.9. The predicted octanol–water partition coefficient (Wildman–Crippen LogP) is 0.987. The molecule has 30 heavy (non-hydrogen) atoms. The van der Waals surface area contributed by atoms with Crippen LogP contribution in [0, 0.1) is 0 Å². The van der Waals surface area contributed by atoms with Crippen molar-refractivity contribution in [3.05, 3.63) is 58.4 Å². The summed E-state index contributed by atoms with van der Waals surface area (Å²) in [7, 11) is 0. The highest BCUT2D eigenvalue weighted by Crippen LogP contribution is 2.36. The summed E-state index contributed by atoms with van der Waals surface area (Å²) in [4.78, 5) is 39.4. The zero-order valence-corrected chi connectivity index (χ0v) is 16.0. The first-order valence-corrected chi connectivity index (χ1v) is 9.34. The Kier molecular flexibility index (Phi) is 3.95. The second-order valence-electron chi connectivity index (χ2n) is 7.20. The lowest BCUT2D eigenvalue weighted by atomic mass is 9.91. The predicted molar refractivity (Wildman–Crippen MR) is 104 cm³/mol. The molecule has 2 aromatic carbocycles. The van der Waals surface area contributed by atoms with Crippen molar-refractivity contribution < 1.29 is 19.1 Å². The minimum atomic E-state index is -1.32. The van der Waals surface area contributed by atoms with Crippen molar-refractivity contribution in [2.75, 3.05) is 13.2 Å². The van der Waals surface area contributed by atoms with Gasteiger partial charge >= 0.3 is 6.03 Å². The van der Waals surface area contributed by atoms with E-state index in [0.29, 0.717) is 41.2 Å². The molecule has 1 atom stereocenters. The number of hydrogen-bond donors (Lipinski definition) is 1. The molecule has 2 aliphatic heterocycles. The maximum absolute atomic E-state index is 13.2. The van der Waals surface area contributed by atoms with Crippen LogP contribution in [0.4, 0.5) is 4.79 Å². The van der Waals surface area contributed by atoms with Gasteiger partial charge < -0.3 is 14.8 Å². The number of carbonyl (C=O) groups is 2. The standard InChI is InChI=1S/C20H17N5O5/c1-20(12-6-7-15-16(10-12)30-9-8-29-15)18(27)24(19(28)21-20)11-25-17(26)13-4-2-3-5-14(13)22-23-25/h2-7,10H,8-9,11H2,1H3,(H,21,28). The average Bonchev–Trinajstić information content (AvgIpc) is 2.99. The third-order valence-corrected chi connectivity index (χ3v) is 5.30. The summed E-state index contributed by atoms with van der Waals surface area (Å²) in [6.45, 7) is 2.12. The number of aromatic nitrogens is 3. The van der Waals surface area contributed by atoms with Crippen molar-refractivity contribution >= 4 is 22.8 Å². The van der Waals surface area contributed by atoms with Gasteiger partial charge in [-0.05, 0) is 36.8 Å². The molecule has 5 rings (SSSR count). The molecule has 0 saturated carbocycles. The molecule has 10 nitrogen and oxygen atoms in total. The topological polar surface area (TPSA) is 116 Å². The number of fused-ring (bicyclic) bond motifs is 2. The summed E-state index contributed by atoms with van der Waals surface area (Å²) < 4.78 is 12.1. The Hall–Kier alpha value is -3.95. The van der Waals surface area contributed by atoms with Crippen LogP contribution in [-0.4, -0.2) is 45.0 Å². The molecule has 3 amide bonds. The molecule has 1 saturated heterocycles. The van der Waals surface area contributed by atoms with Crippen molar-refractivity contribution in [1.29, 1.82) is 0 Å². The Morgan fingerprint density at radius 2 is 1.83 bits per heavy atom. The fourth-order valence-electron chi connectivity index (χ4n) is 3.63. The number of benzene rings is 2. The Morgan fingerprint density at radius 1 is 1.07 bits per heavy atom. The van der Waals surface area contributed by atoms with Gasteiger partial charge in [-0.25, -0.2) is 9.69 Å². The summed E-state index contributed by atoms with van der Waals surface area (Å²) in [5.74, 6) is 0.586. The number of hydrogen-bond acceptors (Lipinski definition) is 7. The summed E-state index contributed by atoms with van der Waals surface area (Å²) in [6.07, 6.45) is 0. The Morgan fingerprint density at radius 3 is 2.67 bits per heavy atom. The van der Waals surface area contributed by atoms with E-state index < -0.39 is 23.0 Å². The molecule has 3 heterocycles. The van der Waals surface area contributed by atoms with E-state index in [9.17, 15) is 14.4 Å². The first-order chi connectivity index (χ1) is 14.5. The quantitative estimate of drug-likeness (QED) is 0.644. The Labute approximate surface area is 170 Å². The Balaban J connectivity index is 1.47. The van der Waals surface area contributed by atoms with Gasteiger partial charge in [0.25, 0.3) is 11.5 Å². The number of ether oxygens (including phenoxy) is 2. The first-order valence-electron chi connectivity index (χ1n) is 9.34. The van der Waals surface area contributed by atoms with Crippen molar-refractivity contribution in [3.63, 3.8) is 0 Å². The van der Waals surface area contributed by atoms with Crippen LogP contribution < -0.4 is 20.3 Å². The van der Waals surface area contributed by atoms with Gasteiger partial charge in [0.15, 0.2) is 11.5 Å². The molecule has 1 aromatic heterocycles. The van der Waals surface area contributed by atoms with Crippen molar-refractivity contribution in [1.82, 2.24) is 25.2 Å². The van der Waals surface area contributed by atoms with Gasteiger partial charge in [0.2, 0.25) is 0 Å². The molecule has 10 heteroatoms. The van der Waals surface area contributed by atoms with Crippen LogP contribution in [0.3, 0.4) is 0 Å². The molecular formula is C20H17N5O5. The van der Waals surface area contributed by atoms with E-state index in [-0.39, 0.29) is 6.67 Å². The van der Waals surface area contributed by atoms with E-state index in [1.54, 1.807) is 49.4 Å². The number of imide groups is 1. The lowest BCUT2D eigenvalue weighted by Gasteiger charge is -2.25. The number of nitrogens with zero attached hydrogens (tertiary/aromatic N) is 4. The molecule has 3 aromatic rings. The van der Waals surface area contributed by atoms with E-state index in [1.165, 1.54) is 0 Å². The molecule has 1 N–H and O–H groups in total. The van der Waals surface area contributed by atoms with E-state index in [1.807, 2.05) is 0 Å². The van der Waals surface area contributed by atoms with Crippen LogP contribution in [-0.2, 0) is 17.0 Å². The van der Waals surface area contributed by atoms with Crippen LogP contribution in [0.15, 0.2) is 47.3 Å². The van der Waals surface area contributed by atoms with Crippen LogP contribution >= 0.6 is 0 Å².